The van der Waals surface area contributed by atoms with Crippen molar-refractivity contribution in [1.82, 2.24) is 14.7 Å². The maximum Gasteiger partial charge on any atom is 0.435 e. The Balaban J connectivity index is 2.06. The summed E-state index contributed by atoms with van der Waals surface area (Å²) in [5.41, 5.74) is 0.347. The zero-order chi connectivity index (χ0) is 18.4. The van der Waals surface area contributed by atoms with Crippen LogP contribution in [0.15, 0.2) is 36.5 Å². The first kappa shape index (κ1) is 18.5. The van der Waals surface area contributed by atoms with Crippen molar-refractivity contribution in [1.29, 1.82) is 5.26 Å². The number of hydrogen-bond acceptors (Lipinski definition) is 3. The molecule has 0 aliphatic rings. The molecule has 0 spiro atoms. The zero-order valence-electron chi connectivity index (χ0n) is 13.6. The summed E-state index contributed by atoms with van der Waals surface area (Å²) in [6, 6.07) is 9.69. The molecule has 1 aromatic heterocycles. The molecule has 0 aliphatic carbocycles. The fourth-order valence-electron chi connectivity index (χ4n) is 2.31. The second kappa shape index (κ2) is 7.83. The van der Waals surface area contributed by atoms with E-state index in [1.165, 1.54) is 0 Å². The Morgan fingerprint density at radius 1 is 1.28 bits per heavy atom. The van der Waals surface area contributed by atoms with Gasteiger partial charge in [0.1, 0.15) is 6.54 Å². The van der Waals surface area contributed by atoms with Crippen LogP contribution in [0, 0.1) is 11.3 Å². The van der Waals surface area contributed by atoms with Crippen LogP contribution in [0.4, 0.5) is 13.2 Å². The summed E-state index contributed by atoms with van der Waals surface area (Å²) in [7, 11) is 0. The van der Waals surface area contributed by atoms with Crippen molar-refractivity contribution in [2.75, 3.05) is 6.54 Å². The van der Waals surface area contributed by atoms with Crippen LogP contribution in [-0.2, 0) is 24.1 Å². The van der Waals surface area contributed by atoms with Crippen molar-refractivity contribution in [2.24, 2.45) is 0 Å². The second-order valence-corrected chi connectivity index (χ2v) is 5.52. The third kappa shape index (κ3) is 5.08. The lowest BCUT2D eigenvalue weighted by atomic mass is 10.1. The number of alkyl halides is 3. The van der Waals surface area contributed by atoms with Crippen LogP contribution in [0.3, 0.4) is 0 Å². The van der Waals surface area contributed by atoms with Crippen molar-refractivity contribution in [3.63, 3.8) is 0 Å². The first-order valence-corrected chi connectivity index (χ1v) is 7.71. The minimum Gasteiger partial charge on any atom is -0.337 e. The van der Waals surface area contributed by atoms with Crippen molar-refractivity contribution in [2.45, 2.75) is 32.6 Å². The fourth-order valence-corrected chi connectivity index (χ4v) is 2.31. The summed E-state index contributed by atoms with van der Waals surface area (Å²) in [6.07, 6.45) is -2.67. The highest BCUT2D eigenvalue weighted by molar-refractivity contribution is 5.75. The first-order chi connectivity index (χ1) is 11.8. The predicted molar refractivity (Wildman–Crippen MR) is 84.1 cm³/mol. The topological polar surface area (TPSA) is 61.9 Å². The summed E-state index contributed by atoms with van der Waals surface area (Å²) >= 11 is 0. The van der Waals surface area contributed by atoms with Gasteiger partial charge in [-0.25, -0.2) is 0 Å². The molecule has 5 nitrogen and oxygen atoms in total. The van der Waals surface area contributed by atoms with E-state index in [4.69, 9.17) is 5.26 Å². The quantitative estimate of drug-likeness (QED) is 0.804. The van der Waals surface area contributed by atoms with Gasteiger partial charge >= 0.3 is 6.18 Å². The molecule has 0 aliphatic heterocycles. The minimum absolute atomic E-state index is 0.258. The van der Waals surface area contributed by atoms with Crippen LogP contribution in [0.25, 0.3) is 0 Å². The number of halogens is 3. The number of carbonyl (C=O) groups excluding carboxylic acids is 1. The SMILES string of the molecule is CCCN(Cc1ccc(C#N)cc1)C(=O)Cn1ccc(C(F)(F)F)n1. The molecule has 0 bridgehead atoms. The molecule has 132 valence electrons. The van der Waals surface area contributed by atoms with E-state index in [-0.39, 0.29) is 12.5 Å². The first-order valence-electron chi connectivity index (χ1n) is 7.71. The van der Waals surface area contributed by atoms with E-state index < -0.39 is 11.9 Å². The highest BCUT2D eigenvalue weighted by Crippen LogP contribution is 2.27. The van der Waals surface area contributed by atoms with Gasteiger partial charge < -0.3 is 4.90 Å². The molecule has 0 unspecified atom stereocenters. The standard InChI is InChI=1S/C17H17F3N4O/c1-2-8-23(11-14-5-3-13(10-21)4-6-14)16(25)12-24-9-7-15(22-24)17(18,19)20/h3-7,9H,2,8,11-12H2,1H3. The van der Waals surface area contributed by atoms with Crippen LogP contribution in [0.2, 0.25) is 0 Å². The fraction of sp³-hybridized carbons (Fsp3) is 0.353. The maximum atomic E-state index is 12.6. The molecule has 8 heteroatoms. The molecular formula is C17H17F3N4O. The Morgan fingerprint density at radius 3 is 2.48 bits per heavy atom. The maximum absolute atomic E-state index is 12.6. The molecule has 0 N–H and O–H groups in total. The molecule has 2 aromatic rings. The molecule has 1 amide bonds. The Bertz CT molecular complexity index is 759. The third-order valence-corrected chi connectivity index (χ3v) is 3.53. The molecular weight excluding hydrogens is 333 g/mol. The predicted octanol–water partition coefficient (Wildman–Crippen LogP) is 3.21. The molecule has 1 heterocycles. The van der Waals surface area contributed by atoms with Gasteiger partial charge in [0.05, 0.1) is 11.6 Å². The van der Waals surface area contributed by atoms with E-state index in [2.05, 4.69) is 5.10 Å². The molecule has 2 rings (SSSR count). The van der Waals surface area contributed by atoms with E-state index in [9.17, 15) is 18.0 Å². The van der Waals surface area contributed by atoms with Gasteiger partial charge in [0, 0.05) is 19.3 Å². The van der Waals surface area contributed by atoms with E-state index in [0.717, 1.165) is 28.9 Å². The van der Waals surface area contributed by atoms with Crippen molar-refractivity contribution in [3.05, 3.63) is 53.3 Å². The zero-order valence-corrected chi connectivity index (χ0v) is 13.6. The van der Waals surface area contributed by atoms with Gasteiger partial charge in [-0.2, -0.15) is 23.5 Å². The molecule has 1 aromatic carbocycles. The van der Waals surface area contributed by atoms with Gasteiger partial charge in [0.2, 0.25) is 5.91 Å². The van der Waals surface area contributed by atoms with Crippen molar-refractivity contribution < 1.29 is 18.0 Å². The number of nitrogens with zero attached hydrogens (tertiary/aromatic N) is 4. The molecule has 0 radical (unpaired) electrons. The molecule has 0 saturated carbocycles. The lowest BCUT2D eigenvalue weighted by molar-refractivity contribution is -0.142. The molecule has 25 heavy (non-hydrogen) atoms. The molecule has 0 fully saturated rings. The van der Waals surface area contributed by atoms with Crippen LogP contribution >= 0.6 is 0 Å². The average Bonchev–Trinajstić information content (AvgIpc) is 3.04. The average molecular weight is 350 g/mol. The van der Waals surface area contributed by atoms with E-state index in [1.54, 1.807) is 29.2 Å². The summed E-state index contributed by atoms with van der Waals surface area (Å²) < 4.78 is 38.7. The van der Waals surface area contributed by atoms with Gasteiger partial charge in [-0.3, -0.25) is 9.48 Å². The van der Waals surface area contributed by atoms with Crippen LogP contribution < -0.4 is 0 Å². The van der Waals surface area contributed by atoms with Gasteiger partial charge in [0.15, 0.2) is 5.69 Å². The number of amides is 1. The number of hydrogen-bond donors (Lipinski definition) is 0. The van der Waals surface area contributed by atoms with Gasteiger partial charge in [-0.15, -0.1) is 0 Å². The van der Waals surface area contributed by atoms with E-state index >= 15 is 0 Å². The van der Waals surface area contributed by atoms with Crippen LogP contribution in [0.1, 0.15) is 30.2 Å². The molecule has 0 saturated heterocycles. The number of nitriles is 1. The summed E-state index contributed by atoms with van der Waals surface area (Å²) in [4.78, 5) is 14.0. The number of aromatic nitrogens is 2. The Morgan fingerprint density at radius 2 is 1.96 bits per heavy atom. The largest absolute Gasteiger partial charge is 0.435 e. The normalized spacial score (nSPS) is 11.2. The third-order valence-electron chi connectivity index (χ3n) is 3.53. The van der Waals surface area contributed by atoms with Crippen molar-refractivity contribution in [3.8, 4) is 6.07 Å². The number of carbonyl (C=O) groups is 1. The number of benzene rings is 1. The molecule has 0 atom stereocenters. The second-order valence-electron chi connectivity index (χ2n) is 5.52. The Labute approximate surface area is 143 Å². The minimum atomic E-state index is -4.53. The highest BCUT2D eigenvalue weighted by atomic mass is 19.4. The van der Waals surface area contributed by atoms with Crippen LogP contribution in [-0.4, -0.2) is 27.1 Å². The summed E-state index contributed by atoms with van der Waals surface area (Å²) in [5.74, 6) is -0.317. The Hall–Kier alpha value is -2.82. The van der Waals surface area contributed by atoms with E-state index in [1.807, 2.05) is 13.0 Å². The summed E-state index contributed by atoms with van der Waals surface area (Å²) in [5, 5.41) is 12.2. The lowest BCUT2D eigenvalue weighted by Gasteiger charge is -2.22. The monoisotopic (exact) mass is 350 g/mol. The Kier molecular flexibility index (Phi) is 5.80. The van der Waals surface area contributed by atoms with Gasteiger partial charge in [-0.05, 0) is 30.2 Å². The van der Waals surface area contributed by atoms with Gasteiger partial charge in [-0.1, -0.05) is 19.1 Å². The lowest BCUT2D eigenvalue weighted by Crippen LogP contribution is -2.34. The van der Waals surface area contributed by atoms with Crippen LogP contribution in [0.5, 0.6) is 0 Å². The van der Waals surface area contributed by atoms with Crippen molar-refractivity contribution >= 4 is 5.91 Å². The van der Waals surface area contributed by atoms with E-state index in [0.29, 0.717) is 18.7 Å². The summed E-state index contributed by atoms with van der Waals surface area (Å²) in [6.45, 7) is 2.46. The van der Waals surface area contributed by atoms with Gasteiger partial charge in [0.25, 0.3) is 0 Å². The highest BCUT2D eigenvalue weighted by Gasteiger charge is 2.33. The smallest absolute Gasteiger partial charge is 0.337 e. The number of rotatable bonds is 6.